The summed E-state index contributed by atoms with van der Waals surface area (Å²) >= 11 is 0. The molecule has 0 saturated carbocycles. The standard InChI is InChI=1S/C12H21N3O7/c13-8(11(19)20)2-1-3-9(12(21)22)15-14-7(6-16)4-5-10(17)18/h6-9,14-15H,1-5,13H2,(H,17,18)(H,19,20)(H,21,22)/t7-,8?,9?/m0/s1/i6D. The van der Waals surface area contributed by atoms with Crippen molar-refractivity contribution in [3.63, 3.8) is 0 Å². The van der Waals surface area contributed by atoms with Crippen LogP contribution < -0.4 is 16.6 Å². The highest BCUT2D eigenvalue weighted by Gasteiger charge is 2.20. The fourth-order valence-electron chi connectivity index (χ4n) is 1.55. The van der Waals surface area contributed by atoms with Crippen LogP contribution in [0.4, 0.5) is 0 Å². The first-order chi connectivity index (χ1) is 10.6. The highest BCUT2D eigenvalue weighted by molar-refractivity contribution is 5.74. The molecule has 22 heavy (non-hydrogen) atoms. The lowest BCUT2D eigenvalue weighted by Crippen LogP contribution is -2.50. The predicted molar refractivity (Wildman–Crippen MR) is 73.9 cm³/mol. The first kappa shape index (κ1) is 18.0. The number of carbonyl (C=O) groups excluding carboxylic acids is 1. The number of carboxylic acid groups (broad SMARTS) is 3. The summed E-state index contributed by atoms with van der Waals surface area (Å²) in [4.78, 5) is 43.1. The van der Waals surface area contributed by atoms with Gasteiger partial charge in [-0.2, -0.15) is 0 Å². The molecule has 2 unspecified atom stereocenters. The molecule has 0 aromatic heterocycles. The Balaban J connectivity index is 4.39. The number of hydrazine groups is 1. The van der Waals surface area contributed by atoms with Gasteiger partial charge in [-0.3, -0.25) is 14.4 Å². The molecule has 0 aromatic rings. The van der Waals surface area contributed by atoms with Crippen LogP contribution in [0.2, 0.25) is 0 Å². The van der Waals surface area contributed by atoms with Crippen molar-refractivity contribution in [1.29, 1.82) is 0 Å². The Bertz CT molecular complexity index is 446. The second-order valence-electron chi connectivity index (χ2n) is 4.66. The van der Waals surface area contributed by atoms with E-state index in [1.54, 1.807) is 0 Å². The van der Waals surface area contributed by atoms with Gasteiger partial charge in [-0.05, 0) is 25.7 Å². The van der Waals surface area contributed by atoms with Crippen LogP contribution in [0.5, 0.6) is 0 Å². The minimum absolute atomic E-state index is 0.0428. The largest absolute Gasteiger partial charge is 0.481 e. The molecule has 0 radical (unpaired) electrons. The molecular formula is C12H21N3O7. The molecule has 126 valence electrons. The van der Waals surface area contributed by atoms with Crippen molar-refractivity contribution >= 4 is 24.2 Å². The van der Waals surface area contributed by atoms with E-state index in [0.29, 0.717) is 0 Å². The molecule has 0 bridgehead atoms. The summed E-state index contributed by atoms with van der Waals surface area (Å²) in [6.45, 7) is 0. The van der Waals surface area contributed by atoms with Gasteiger partial charge < -0.3 is 25.8 Å². The maximum Gasteiger partial charge on any atom is 0.322 e. The van der Waals surface area contributed by atoms with Crippen LogP contribution in [-0.2, 0) is 19.2 Å². The summed E-state index contributed by atoms with van der Waals surface area (Å²) in [5, 5.41) is 26.2. The molecule has 3 atom stereocenters. The predicted octanol–water partition coefficient (Wildman–Crippen LogP) is -1.45. The van der Waals surface area contributed by atoms with Gasteiger partial charge in [-0.15, -0.1) is 0 Å². The van der Waals surface area contributed by atoms with Crippen molar-refractivity contribution in [2.75, 3.05) is 0 Å². The minimum Gasteiger partial charge on any atom is -0.481 e. The lowest BCUT2D eigenvalue weighted by molar-refractivity contribution is -0.141. The molecule has 0 spiro atoms. The van der Waals surface area contributed by atoms with E-state index in [2.05, 4.69) is 10.9 Å². The zero-order valence-corrected chi connectivity index (χ0v) is 11.8. The third-order valence-electron chi connectivity index (χ3n) is 2.84. The summed E-state index contributed by atoms with van der Waals surface area (Å²) in [5.74, 6) is -3.57. The second kappa shape index (κ2) is 10.7. The van der Waals surface area contributed by atoms with Crippen LogP contribution in [0.25, 0.3) is 0 Å². The van der Waals surface area contributed by atoms with Gasteiger partial charge in [0.15, 0.2) is 0 Å². The molecule has 0 saturated heterocycles. The van der Waals surface area contributed by atoms with Gasteiger partial charge in [-0.1, -0.05) is 0 Å². The Morgan fingerprint density at radius 3 is 2.18 bits per heavy atom. The zero-order chi connectivity index (χ0) is 18.0. The summed E-state index contributed by atoms with van der Waals surface area (Å²) < 4.78 is 7.01. The summed E-state index contributed by atoms with van der Waals surface area (Å²) in [7, 11) is 0. The van der Waals surface area contributed by atoms with E-state index in [1.165, 1.54) is 0 Å². The molecule has 0 amide bonds. The highest BCUT2D eigenvalue weighted by Crippen LogP contribution is 2.04. The van der Waals surface area contributed by atoms with E-state index in [1.807, 2.05) is 0 Å². The third kappa shape index (κ3) is 9.00. The fraction of sp³-hybridized carbons (Fsp3) is 0.667. The summed E-state index contributed by atoms with van der Waals surface area (Å²) in [6.07, 6.45) is -1.25. The number of hydrogen-bond acceptors (Lipinski definition) is 7. The summed E-state index contributed by atoms with van der Waals surface area (Å²) in [6, 6.07) is -3.38. The number of nitrogens with one attached hydrogen (secondary N) is 2. The highest BCUT2D eigenvalue weighted by atomic mass is 16.4. The van der Waals surface area contributed by atoms with Gasteiger partial charge in [0.05, 0.1) is 6.04 Å². The first-order valence-corrected chi connectivity index (χ1v) is 6.59. The van der Waals surface area contributed by atoms with Crippen molar-refractivity contribution in [3.05, 3.63) is 0 Å². The number of aldehydes is 1. The number of aliphatic carboxylic acids is 3. The molecule has 0 aliphatic carbocycles. The molecule has 0 fully saturated rings. The Kier molecular flexibility index (Phi) is 8.72. The quantitative estimate of drug-likeness (QED) is 0.173. The number of carbonyl (C=O) groups is 4. The van der Waals surface area contributed by atoms with Crippen molar-refractivity contribution in [2.24, 2.45) is 5.73 Å². The van der Waals surface area contributed by atoms with Crippen molar-refractivity contribution in [3.8, 4) is 0 Å². The van der Waals surface area contributed by atoms with E-state index < -0.39 is 42.3 Å². The number of nitrogens with two attached hydrogens (primary N) is 1. The number of rotatable bonds is 13. The Labute approximate surface area is 128 Å². The van der Waals surface area contributed by atoms with E-state index in [0.717, 1.165) is 0 Å². The topological polar surface area (TPSA) is 179 Å². The van der Waals surface area contributed by atoms with E-state index >= 15 is 0 Å². The SMILES string of the molecule is [2H]C(=O)[C@H](CCC(=O)O)NNC(CCCC(N)C(=O)O)C(=O)O. The normalized spacial score (nSPS) is 15.4. The maximum absolute atomic E-state index is 11.1. The van der Waals surface area contributed by atoms with Crippen LogP contribution >= 0.6 is 0 Å². The Hall–Kier alpha value is -2.04. The van der Waals surface area contributed by atoms with Crippen molar-refractivity contribution in [1.82, 2.24) is 10.9 Å². The molecule has 0 aliphatic rings. The van der Waals surface area contributed by atoms with Gasteiger partial charge in [0.1, 0.15) is 19.7 Å². The van der Waals surface area contributed by atoms with Gasteiger partial charge in [-0.25, -0.2) is 10.9 Å². The van der Waals surface area contributed by atoms with Crippen LogP contribution in [0.3, 0.4) is 0 Å². The molecule has 0 aromatic carbocycles. The molecular weight excluding hydrogens is 298 g/mol. The van der Waals surface area contributed by atoms with Crippen molar-refractivity contribution in [2.45, 2.75) is 50.2 Å². The first-order valence-electron chi connectivity index (χ1n) is 7.09. The molecule has 7 N–H and O–H groups in total. The van der Waals surface area contributed by atoms with Gasteiger partial charge in [0.25, 0.3) is 0 Å². The summed E-state index contributed by atoms with van der Waals surface area (Å²) in [5.41, 5.74) is 9.99. The van der Waals surface area contributed by atoms with Gasteiger partial charge in [0, 0.05) is 6.42 Å². The monoisotopic (exact) mass is 320 g/mol. The lowest BCUT2D eigenvalue weighted by atomic mass is 10.1. The third-order valence-corrected chi connectivity index (χ3v) is 2.84. The van der Waals surface area contributed by atoms with Gasteiger partial charge in [0.2, 0.25) is 0 Å². The zero-order valence-electron chi connectivity index (χ0n) is 12.8. The van der Waals surface area contributed by atoms with Crippen LogP contribution in [0.15, 0.2) is 0 Å². The minimum atomic E-state index is -1.24. The number of hydrogen-bond donors (Lipinski definition) is 6. The van der Waals surface area contributed by atoms with E-state index in [4.69, 9.17) is 22.4 Å². The smallest absolute Gasteiger partial charge is 0.322 e. The lowest BCUT2D eigenvalue weighted by Gasteiger charge is -2.19. The molecule has 10 heteroatoms. The van der Waals surface area contributed by atoms with Crippen molar-refractivity contribution < 1.29 is 35.9 Å². The second-order valence-corrected chi connectivity index (χ2v) is 4.66. The van der Waals surface area contributed by atoms with Crippen LogP contribution in [0.1, 0.15) is 33.5 Å². The maximum atomic E-state index is 11.1. The molecule has 0 aliphatic heterocycles. The molecule has 0 heterocycles. The average Bonchev–Trinajstić information content (AvgIpc) is 2.43. The van der Waals surface area contributed by atoms with Crippen LogP contribution in [0, 0.1) is 0 Å². The number of carboxylic acids is 3. The molecule has 0 rings (SSSR count). The van der Waals surface area contributed by atoms with E-state index in [-0.39, 0.29) is 32.1 Å². The van der Waals surface area contributed by atoms with Crippen LogP contribution in [-0.4, -0.2) is 57.6 Å². The van der Waals surface area contributed by atoms with E-state index in [9.17, 15) is 19.2 Å². The Morgan fingerprint density at radius 2 is 1.73 bits per heavy atom. The average molecular weight is 320 g/mol. The fourth-order valence-corrected chi connectivity index (χ4v) is 1.55. The van der Waals surface area contributed by atoms with Gasteiger partial charge >= 0.3 is 17.9 Å². The molecule has 10 nitrogen and oxygen atoms in total. The Morgan fingerprint density at radius 1 is 1.09 bits per heavy atom.